The van der Waals surface area contributed by atoms with Crippen molar-refractivity contribution >= 4 is 18.1 Å². The molecule has 10 nitrogen and oxygen atoms in total. The summed E-state index contributed by atoms with van der Waals surface area (Å²) in [6.07, 6.45) is -0.826. The maximum absolute atomic E-state index is 12.4. The van der Waals surface area contributed by atoms with Crippen molar-refractivity contribution in [3.8, 4) is 0 Å². The number of rotatable bonds is 4. The molecule has 2 amide bonds. The largest absolute Gasteiger partial charge is 0.393 e. The van der Waals surface area contributed by atoms with E-state index in [2.05, 4.69) is 0 Å². The molecule has 0 spiro atoms. The summed E-state index contributed by atoms with van der Waals surface area (Å²) in [5.74, 6) is -2.27. The third-order valence-corrected chi connectivity index (χ3v) is 3.99. The van der Waals surface area contributed by atoms with Gasteiger partial charge in [0.05, 0.1) is 13.2 Å². The zero-order chi connectivity index (χ0) is 17.5. The number of hydrogen-bond donors (Lipinski definition) is 6. The fraction of sp³-hybridized carbons (Fsp3) is 0.615. The Kier molecular flexibility index (Phi) is 4.30. The fourth-order valence-electron chi connectivity index (χ4n) is 2.54. The molecule has 0 aliphatic carbocycles. The highest BCUT2D eigenvalue weighted by molar-refractivity contribution is 6.03. The van der Waals surface area contributed by atoms with Gasteiger partial charge in [0.2, 0.25) is 5.72 Å². The van der Waals surface area contributed by atoms with Gasteiger partial charge in [0.15, 0.2) is 0 Å². The van der Waals surface area contributed by atoms with Crippen LogP contribution in [0.2, 0.25) is 0 Å². The fourth-order valence-corrected chi connectivity index (χ4v) is 2.54. The number of aliphatic hydroxyl groups excluding tert-OH is 2. The molecule has 0 aromatic carbocycles. The summed E-state index contributed by atoms with van der Waals surface area (Å²) in [5.41, 5.74) is -7.10. The summed E-state index contributed by atoms with van der Waals surface area (Å²) >= 11 is 0. The number of ether oxygens (including phenoxy) is 1. The van der Waals surface area contributed by atoms with Gasteiger partial charge in [-0.3, -0.25) is 14.4 Å². The first-order valence-corrected chi connectivity index (χ1v) is 6.81. The standard InChI is InChI=1S/C13H18N2O8/c1-11(21,6-17)8(18)13-10(20)14-12(22,9(19)15-13)7(2-4-16)3-5-23-13/h2,4,8,17-18,21-22H,3,5-6H2,1H3,(H,14,20)(H,15,19)/b7-2+/t8-,11-,12-,13?/m1/s1. The van der Waals surface area contributed by atoms with Crippen LogP contribution in [0.1, 0.15) is 13.3 Å². The van der Waals surface area contributed by atoms with Crippen molar-refractivity contribution in [3.05, 3.63) is 11.6 Å². The van der Waals surface area contributed by atoms with E-state index in [1.54, 1.807) is 0 Å². The molecule has 3 rings (SSSR count). The lowest BCUT2D eigenvalue weighted by atomic mass is 9.84. The van der Waals surface area contributed by atoms with Crippen molar-refractivity contribution < 1.29 is 39.5 Å². The SMILES string of the molecule is C[C@@](O)(CO)[C@@H](O)C12NC(=O)[C@@](O)(NC1=O)/C(=C/C=O)CCO2. The second kappa shape index (κ2) is 5.65. The maximum atomic E-state index is 12.4. The summed E-state index contributed by atoms with van der Waals surface area (Å²) in [7, 11) is 0. The van der Waals surface area contributed by atoms with E-state index in [1.807, 2.05) is 10.6 Å². The van der Waals surface area contributed by atoms with Gasteiger partial charge in [0.25, 0.3) is 17.5 Å². The van der Waals surface area contributed by atoms with Crippen molar-refractivity contribution in [2.24, 2.45) is 0 Å². The van der Waals surface area contributed by atoms with Crippen molar-refractivity contribution in [2.75, 3.05) is 13.2 Å². The van der Waals surface area contributed by atoms with Crippen molar-refractivity contribution in [1.29, 1.82) is 0 Å². The minimum Gasteiger partial charge on any atom is -0.393 e. The lowest BCUT2D eigenvalue weighted by Crippen LogP contribution is -2.82. The van der Waals surface area contributed by atoms with E-state index in [0.29, 0.717) is 6.29 Å². The van der Waals surface area contributed by atoms with Crippen molar-refractivity contribution in [3.63, 3.8) is 0 Å². The van der Waals surface area contributed by atoms with Gasteiger partial charge < -0.3 is 35.8 Å². The molecule has 3 aliphatic heterocycles. The number of carbonyl (C=O) groups excluding carboxylic acids is 3. The molecular weight excluding hydrogens is 312 g/mol. The van der Waals surface area contributed by atoms with Gasteiger partial charge in [0, 0.05) is 0 Å². The maximum Gasteiger partial charge on any atom is 0.280 e. The van der Waals surface area contributed by atoms with Crippen LogP contribution in [-0.2, 0) is 19.1 Å². The van der Waals surface area contributed by atoms with Crippen LogP contribution >= 0.6 is 0 Å². The van der Waals surface area contributed by atoms with E-state index in [-0.39, 0.29) is 18.6 Å². The Bertz CT molecular complexity index is 574. The third kappa shape index (κ3) is 2.54. The highest BCUT2D eigenvalue weighted by Crippen LogP contribution is 2.33. The first-order valence-electron chi connectivity index (χ1n) is 6.81. The molecule has 128 valence electrons. The molecular formula is C13H18N2O8. The van der Waals surface area contributed by atoms with Gasteiger partial charge in [-0.15, -0.1) is 0 Å². The number of hydrogen-bond acceptors (Lipinski definition) is 8. The molecule has 3 saturated heterocycles. The van der Waals surface area contributed by atoms with Gasteiger partial charge in [-0.1, -0.05) is 0 Å². The molecule has 6 N–H and O–H groups in total. The summed E-state index contributed by atoms with van der Waals surface area (Å²) in [4.78, 5) is 35.3. The van der Waals surface area contributed by atoms with Crippen LogP contribution in [0.4, 0.5) is 0 Å². The first kappa shape index (κ1) is 17.5. The molecule has 0 radical (unpaired) electrons. The number of allylic oxidation sites excluding steroid dienone is 1. The monoisotopic (exact) mass is 330 g/mol. The smallest absolute Gasteiger partial charge is 0.280 e. The van der Waals surface area contributed by atoms with Crippen molar-refractivity contribution in [2.45, 2.75) is 36.5 Å². The molecule has 1 unspecified atom stereocenters. The van der Waals surface area contributed by atoms with Crippen LogP contribution in [-0.4, -0.2) is 74.9 Å². The lowest BCUT2D eigenvalue weighted by molar-refractivity contribution is -0.230. The minimum atomic E-state index is -2.46. The number of aldehydes is 1. The quantitative estimate of drug-likeness (QED) is 0.226. The molecule has 0 aromatic heterocycles. The molecule has 3 heterocycles. The van der Waals surface area contributed by atoms with Gasteiger partial charge >= 0.3 is 0 Å². The number of aliphatic hydroxyl groups is 4. The zero-order valence-corrected chi connectivity index (χ0v) is 12.3. The second-order valence-corrected chi connectivity index (χ2v) is 5.70. The third-order valence-electron chi connectivity index (χ3n) is 3.99. The number of piperazine rings is 1. The number of carbonyl (C=O) groups is 3. The van der Waals surface area contributed by atoms with E-state index in [1.165, 1.54) is 0 Å². The van der Waals surface area contributed by atoms with Crippen LogP contribution in [0, 0.1) is 0 Å². The number of nitrogens with one attached hydrogen (secondary N) is 2. The Hall–Kier alpha value is -1.85. The van der Waals surface area contributed by atoms with Crippen LogP contribution in [0.3, 0.4) is 0 Å². The van der Waals surface area contributed by atoms with Crippen LogP contribution in [0.15, 0.2) is 11.6 Å². The van der Waals surface area contributed by atoms with Crippen LogP contribution in [0.25, 0.3) is 0 Å². The summed E-state index contributed by atoms with van der Waals surface area (Å²) in [6, 6.07) is 0. The van der Waals surface area contributed by atoms with Crippen molar-refractivity contribution in [1.82, 2.24) is 10.6 Å². The Labute approximate surface area is 130 Å². The van der Waals surface area contributed by atoms with E-state index >= 15 is 0 Å². The number of amides is 2. The summed E-state index contributed by atoms with van der Waals surface area (Å²) < 4.78 is 5.28. The molecule has 23 heavy (non-hydrogen) atoms. The van der Waals surface area contributed by atoms with E-state index in [4.69, 9.17) is 9.84 Å². The molecule has 0 aromatic rings. The Balaban J connectivity index is 2.49. The summed E-state index contributed by atoms with van der Waals surface area (Å²) in [5, 5.41) is 43.9. The highest BCUT2D eigenvalue weighted by atomic mass is 16.5. The molecule has 4 atom stereocenters. The Morgan fingerprint density at radius 3 is 2.61 bits per heavy atom. The predicted molar refractivity (Wildman–Crippen MR) is 72.4 cm³/mol. The second-order valence-electron chi connectivity index (χ2n) is 5.70. The molecule has 3 fully saturated rings. The summed E-state index contributed by atoms with van der Waals surface area (Å²) in [6.45, 7) is -0.107. The van der Waals surface area contributed by atoms with E-state index in [0.717, 1.165) is 13.0 Å². The van der Waals surface area contributed by atoms with Crippen LogP contribution < -0.4 is 10.6 Å². The lowest BCUT2D eigenvalue weighted by Gasteiger charge is -2.49. The van der Waals surface area contributed by atoms with Crippen LogP contribution in [0.5, 0.6) is 0 Å². The normalized spacial score (nSPS) is 36.5. The zero-order valence-electron chi connectivity index (χ0n) is 12.3. The molecule has 2 bridgehead atoms. The molecule has 3 aliphatic rings. The molecule has 0 saturated carbocycles. The van der Waals surface area contributed by atoms with Gasteiger partial charge in [-0.25, -0.2) is 0 Å². The van der Waals surface area contributed by atoms with Gasteiger partial charge in [0.1, 0.15) is 18.0 Å². The number of fused-ring (bicyclic) bond motifs is 5. The van der Waals surface area contributed by atoms with E-state index in [9.17, 15) is 29.7 Å². The average Bonchev–Trinajstić information content (AvgIpc) is 2.49. The first-order chi connectivity index (χ1) is 10.6. The average molecular weight is 330 g/mol. The van der Waals surface area contributed by atoms with E-state index < -0.39 is 41.6 Å². The molecule has 10 heteroatoms. The predicted octanol–water partition coefficient (Wildman–Crippen LogP) is -3.73. The highest BCUT2D eigenvalue weighted by Gasteiger charge is 2.63. The minimum absolute atomic E-state index is 0.0846. The van der Waals surface area contributed by atoms with Gasteiger partial charge in [-0.05, 0) is 25.0 Å². The Morgan fingerprint density at radius 1 is 1.39 bits per heavy atom. The topological polar surface area (TPSA) is 165 Å². The van der Waals surface area contributed by atoms with Gasteiger partial charge in [-0.2, -0.15) is 0 Å². The Morgan fingerprint density at radius 2 is 2.04 bits per heavy atom.